The highest BCUT2D eigenvalue weighted by Crippen LogP contribution is 2.34. The smallest absolute Gasteiger partial charge is 0.255 e. The maximum atomic E-state index is 13.1. The van der Waals surface area contributed by atoms with E-state index in [1.807, 2.05) is 35.2 Å². The summed E-state index contributed by atoms with van der Waals surface area (Å²) in [6.07, 6.45) is 1.90. The first-order valence-electron chi connectivity index (χ1n) is 6.98. The molecule has 0 aliphatic carbocycles. The van der Waals surface area contributed by atoms with E-state index in [-0.39, 0.29) is 17.0 Å². The number of carbonyl (C=O) groups excluding carboxylic acids is 1. The topological polar surface area (TPSA) is 20.3 Å². The number of hydrogen-bond donors (Lipinski definition) is 0. The van der Waals surface area contributed by atoms with Crippen molar-refractivity contribution in [1.82, 2.24) is 4.90 Å². The average molecular weight is 304 g/mol. The van der Waals surface area contributed by atoms with Gasteiger partial charge in [0.2, 0.25) is 0 Å². The molecule has 3 rings (SSSR count). The third-order valence-corrected chi connectivity index (χ3v) is 4.17. The molecule has 1 aliphatic rings. The lowest BCUT2D eigenvalue weighted by molar-refractivity contribution is 0.0736. The van der Waals surface area contributed by atoms with Gasteiger partial charge in [-0.3, -0.25) is 4.79 Å². The lowest BCUT2D eigenvalue weighted by atomic mass is 10.0. The number of rotatable bonds is 2. The quantitative estimate of drug-likeness (QED) is 0.802. The van der Waals surface area contributed by atoms with E-state index < -0.39 is 5.82 Å². The first kappa shape index (κ1) is 14.1. The molecule has 0 spiro atoms. The van der Waals surface area contributed by atoms with Gasteiger partial charge in [-0.2, -0.15) is 0 Å². The minimum Gasteiger partial charge on any atom is -0.332 e. The molecule has 0 N–H and O–H groups in total. The van der Waals surface area contributed by atoms with Gasteiger partial charge in [-0.25, -0.2) is 4.39 Å². The van der Waals surface area contributed by atoms with Gasteiger partial charge in [-0.1, -0.05) is 41.9 Å². The number of hydrogen-bond acceptors (Lipinski definition) is 1. The summed E-state index contributed by atoms with van der Waals surface area (Å²) in [4.78, 5) is 14.5. The van der Waals surface area contributed by atoms with Gasteiger partial charge in [0.1, 0.15) is 5.82 Å². The fraction of sp³-hybridized carbons (Fsp3) is 0.235. The van der Waals surface area contributed by atoms with Gasteiger partial charge in [0.15, 0.2) is 0 Å². The Morgan fingerprint density at radius 2 is 1.95 bits per heavy atom. The minimum absolute atomic E-state index is 0.0693. The summed E-state index contributed by atoms with van der Waals surface area (Å²) in [6, 6.07) is 13.9. The second-order valence-corrected chi connectivity index (χ2v) is 5.60. The zero-order valence-electron chi connectivity index (χ0n) is 11.4. The molecule has 1 amide bonds. The third kappa shape index (κ3) is 2.79. The molecule has 2 nitrogen and oxygen atoms in total. The normalized spacial score (nSPS) is 18.0. The summed E-state index contributed by atoms with van der Waals surface area (Å²) < 4.78 is 13.1. The Morgan fingerprint density at radius 3 is 2.67 bits per heavy atom. The van der Waals surface area contributed by atoms with Crippen molar-refractivity contribution < 1.29 is 9.18 Å². The number of benzene rings is 2. The van der Waals surface area contributed by atoms with Crippen molar-refractivity contribution in [3.05, 3.63) is 70.5 Å². The van der Waals surface area contributed by atoms with Crippen LogP contribution in [-0.2, 0) is 0 Å². The highest BCUT2D eigenvalue weighted by molar-refractivity contribution is 6.33. The molecular weight excluding hydrogens is 289 g/mol. The molecule has 1 saturated heterocycles. The second kappa shape index (κ2) is 5.86. The number of halogens is 2. The first-order chi connectivity index (χ1) is 10.2. The molecule has 1 fully saturated rings. The van der Waals surface area contributed by atoms with Gasteiger partial charge in [-0.05, 0) is 36.6 Å². The van der Waals surface area contributed by atoms with Crippen LogP contribution >= 0.6 is 11.6 Å². The van der Waals surface area contributed by atoms with Crippen molar-refractivity contribution in [3.8, 4) is 0 Å². The third-order valence-electron chi connectivity index (χ3n) is 3.86. The predicted molar refractivity (Wildman–Crippen MR) is 80.9 cm³/mol. The Balaban J connectivity index is 1.90. The Kier molecular flexibility index (Phi) is 3.93. The number of likely N-dealkylation sites (tertiary alicyclic amines) is 1. The lowest BCUT2D eigenvalue weighted by Crippen LogP contribution is -2.30. The molecule has 4 heteroatoms. The van der Waals surface area contributed by atoms with Crippen LogP contribution in [-0.4, -0.2) is 17.4 Å². The van der Waals surface area contributed by atoms with Crippen LogP contribution in [0.3, 0.4) is 0 Å². The molecule has 1 aliphatic heterocycles. The molecule has 0 aromatic heterocycles. The van der Waals surface area contributed by atoms with E-state index in [2.05, 4.69) is 0 Å². The summed E-state index contributed by atoms with van der Waals surface area (Å²) in [5.41, 5.74) is 1.49. The van der Waals surface area contributed by atoms with Crippen LogP contribution in [0, 0.1) is 5.82 Å². The average Bonchev–Trinajstić information content (AvgIpc) is 2.97. The van der Waals surface area contributed by atoms with Crippen LogP contribution in [0.4, 0.5) is 4.39 Å². The van der Waals surface area contributed by atoms with Gasteiger partial charge < -0.3 is 4.90 Å². The van der Waals surface area contributed by atoms with E-state index in [0.717, 1.165) is 18.4 Å². The summed E-state index contributed by atoms with van der Waals surface area (Å²) in [5.74, 6) is -0.566. The first-order valence-corrected chi connectivity index (χ1v) is 7.35. The van der Waals surface area contributed by atoms with E-state index in [0.29, 0.717) is 12.1 Å². The molecule has 1 heterocycles. The van der Waals surface area contributed by atoms with Crippen molar-refractivity contribution in [2.24, 2.45) is 0 Å². The molecule has 108 valence electrons. The second-order valence-electron chi connectivity index (χ2n) is 5.19. The maximum Gasteiger partial charge on any atom is 0.255 e. The van der Waals surface area contributed by atoms with Gasteiger partial charge in [0, 0.05) is 6.54 Å². The summed E-state index contributed by atoms with van der Waals surface area (Å²) in [7, 11) is 0. The van der Waals surface area contributed by atoms with E-state index >= 15 is 0 Å². The van der Waals surface area contributed by atoms with E-state index in [4.69, 9.17) is 11.6 Å². The van der Waals surface area contributed by atoms with Crippen molar-refractivity contribution in [3.63, 3.8) is 0 Å². The van der Waals surface area contributed by atoms with Crippen LogP contribution < -0.4 is 0 Å². The van der Waals surface area contributed by atoms with Gasteiger partial charge in [0.05, 0.1) is 16.6 Å². The highest BCUT2D eigenvalue weighted by atomic mass is 35.5. The molecule has 0 bridgehead atoms. The van der Waals surface area contributed by atoms with Crippen LogP contribution in [0.15, 0.2) is 48.5 Å². The molecule has 2 aromatic carbocycles. The zero-order valence-corrected chi connectivity index (χ0v) is 12.2. The Morgan fingerprint density at radius 1 is 1.19 bits per heavy atom. The van der Waals surface area contributed by atoms with Gasteiger partial charge in [-0.15, -0.1) is 0 Å². The van der Waals surface area contributed by atoms with Crippen LogP contribution in [0.2, 0.25) is 5.02 Å². The van der Waals surface area contributed by atoms with Crippen LogP contribution in [0.5, 0.6) is 0 Å². The monoisotopic (exact) mass is 303 g/mol. The molecule has 2 aromatic rings. The fourth-order valence-electron chi connectivity index (χ4n) is 2.85. The summed E-state index contributed by atoms with van der Waals surface area (Å²) in [5, 5.41) is 0.165. The molecule has 0 saturated carbocycles. The Bertz CT molecular complexity index is 659. The largest absolute Gasteiger partial charge is 0.332 e. The number of nitrogens with zero attached hydrogens (tertiary/aromatic N) is 1. The van der Waals surface area contributed by atoms with Crippen molar-refractivity contribution in [1.29, 1.82) is 0 Å². The Labute approximate surface area is 128 Å². The van der Waals surface area contributed by atoms with Crippen molar-refractivity contribution in [2.45, 2.75) is 18.9 Å². The van der Waals surface area contributed by atoms with E-state index in [1.165, 1.54) is 18.2 Å². The van der Waals surface area contributed by atoms with Gasteiger partial charge in [0.25, 0.3) is 5.91 Å². The molecule has 1 atom stereocenters. The zero-order chi connectivity index (χ0) is 14.8. The Hall–Kier alpha value is -1.87. The molecular formula is C17H15ClFNO. The standard InChI is InChI=1S/C17H15ClFNO/c18-15-11-13(19)8-9-14(15)17(21)20-10-4-7-16(20)12-5-2-1-3-6-12/h1-3,5-6,8-9,11,16H,4,7,10H2. The number of amides is 1. The van der Waals surface area contributed by atoms with Crippen LogP contribution in [0.25, 0.3) is 0 Å². The van der Waals surface area contributed by atoms with Crippen molar-refractivity contribution >= 4 is 17.5 Å². The maximum absolute atomic E-state index is 13.1. The predicted octanol–water partition coefficient (Wildman–Crippen LogP) is 4.46. The lowest BCUT2D eigenvalue weighted by Gasteiger charge is -2.25. The van der Waals surface area contributed by atoms with Crippen molar-refractivity contribution in [2.75, 3.05) is 6.54 Å². The van der Waals surface area contributed by atoms with Gasteiger partial charge >= 0.3 is 0 Å². The summed E-state index contributed by atoms with van der Waals surface area (Å²) >= 11 is 6.01. The van der Waals surface area contributed by atoms with Crippen LogP contribution in [0.1, 0.15) is 34.8 Å². The molecule has 0 radical (unpaired) electrons. The number of carbonyl (C=O) groups is 1. The minimum atomic E-state index is -0.433. The SMILES string of the molecule is O=C(c1ccc(F)cc1Cl)N1CCCC1c1ccccc1. The highest BCUT2D eigenvalue weighted by Gasteiger charge is 2.31. The van der Waals surface area contributed by atoms with E-state index in [1.54, 1.807) is 0 Å². The van der Waals surface area contributed by atoms with E-state index in [9.17, 15) is 9.18 Å². The fourth-order valence-corrected chi connectivity index (χ4v) is 3.10. The summed E-state index contributed by atoms with van der Waals surface area (Å²) in [6.45, 7) is 0.700. The molecule has 21 heavy (non-hydrogen) atoms. The molecule has 1 unspecified atom stereocenters.